The quantitative estimate of drug-likeness (QED) is 0.259. The van der Waals surface area contributed by atoms with Crippen LogP contribution in [0.25, 0.3) is 66.3 Å². The van der Waals surface area contributed by atoms with E-state index >= 15 is 0 Å². The molecule has 0 aliphatic heterocycles. The molecule has 36 heavy (non-hydrogen) atoms. The normalized spacial score (nSPS) is 11.8. The van der Waals surface area contributed by atoms with Gasteiger partial charge in [-0.25, -0.2) is 0 Å². The third-order valence-corrected chi connectivity index (χ3v) is 7.47. The maximum atomic E-state index is 5.62. The second kappa shape index (κ2) is 7.76. The Labute approximate surface area is 208 Å². The standard InChI is InChI=1S/C33H24O3/c1-19-31(25-4-7-28-22(16-25)10-13-34-28)20(2)33(27-6-9-30-24(18-27)12-15-36-30)21(3)32(19)26-5-8-29-23(17-26)11-14-35-29/h4-18H,1-3H3. The van der Waals surface area contributed by atoms with Crippen LogP contribution in [0, 0.1) is 20.8 Å². The Morgan fingerprint density at radius 3 is 1.00 bits per heavy atom. The van der Waals surface area contributed by atoms with Crippen molar-refractivity contribution in [2.45, 2.75) is 20.8 Å². The Morgan fingerprint density at radius 1 is 0.389 bits per heavy atom. The van der Waals surface area contributed by atoms with Gasteiger partial charge in [0.1, 0.15) is 16.7 Å². The molecule has 0 saturated carbocycles. The molecule has 3 aromatic heterocycles. The van der Waals surface area contributed by atoms with Gasteiger partial charge in [0.2, 0.25) is 0 Å². The number of hydrogen-bond donors (Lipinski definition) is 0. The van der Waals surface area contributed by atoms with Crippen LogP contribution in [0.4, 0.5) is 0 Å². The Balaban J connectivity index is 1.57. The number of rotatable bonds is 3. The molecule has 7 rings (SSSR count). The molecule has 3 heterocycles. The highest BCUT2D eigenvalue weighted by atomic mass is 16.3. The first kappa shape index (κ1) is 20.8. The fraction of sp³-hybridized carbons (Fsp3) is 0.0909. The van der Waals surface area contributed by atoms with E-state index in [9.17, 15) is 0 Å². The summed E-state index contributed by atoms with van der Waals surface area (Å²) in [6.07, 6.45) is 5.25. The molecule has 0 bridgehead atoms. The van der Waals surface area contributed by atoms with Gasteiger partial charge in [-0.1, -0.05) is 18.2 Å². The van der Waals surface area contributed by atoms with Gasteiger partial charge in [-0.3, -0.25) is 0 Å². The smallest absolute Gasteiger partial charge is 0.133 e. The molecule has 0 amide bonds. The lowest BCUT2D eigenvalue weighted by atomic mass is 9.80. The van der Waals surface area contributed by atoms with Gasteiger partial charge in [0, 0.05) is 16.2 Å². The summed E-state index contributed by atoms with van der Waals surface area (Å²) in [7, 11) is 0. The predicted octanol–water partition coefficient (Wildman–Crippen LogP) is 9.85. The molecule has 0 aliphatic rings. The van der Waals surface area contributed by atoms with E-state index in [-0.39, 0.29) is 0 Å². The van der Waals surface area contributed by atoms with Crippen molar-refractivity contribution in [3.63, 3.8) is 0 Å². The molecule has 3 nitrogen and oxygen atoms in total. The molecule has 0 unspecified atom stereocenters. The second-order valence-corrected chi connectivity index (χ2v) is 9.52. The van der Waals surface area contributed by atoms with Crippen molar-refractivity contribution in [2.75, 3.05) is 0 Å². The van der Waals surface area contributed by atoms with Crippen molar-refractivity contribution >= 4 is 32.9 Å². The van der Waals surface area contributed by atoms with Gasteiger partial charge in [0.15, 0.2) is 0 Å². The molecular formula is C33H24O3. The van der Waals surface area contributed by atoms with E-state index in [0.29, 0.717) is 0 Å². The Kier molecular flexibility index (Phi) is 4.49. The Morgan fingerprint density at radius 2 is 0.694 bits per heavy atom. The highest BCUT2D eigenvalue weighted by Gasteiger charge is 2.21. The largest absolute Gasteiger partial charge is 0.464 e. The van der Waals surface area contributed by atoms with Gasteiger partial charge in [-0.05, 0) is 125 Å². The van der Waals surface area contributed by atoms with E-state index in [1.165, 1.54) is 50.1 Å². The minimum Gasteiger partial charge on any atom is -0.464 e. The third kappa shape index (κ3) is 3.06. The van der Waals surface area contributed by atoms with Crippen molar-refractivity contribution in [1.82, 2.24) is 0 Å². The van der Waals surface area contributed by atoms with E-state index in [2.05, 4.69) is 75.4 Å². The fourth-order valence-corrected chi connectivity index (χ4v) is 5.88. The summed E-state index contributed by atoms with van der Waals surface area (Å²) in [6, 6.07) is 25.5. The Bertz CT molecular complexity index is 1680. The summed E-state index contributed by atoms with van der Waals surface area (Å²) in [6.45, 7) is 6.73. The van der Waals surface area contributed by atoms with E-state index in [4.69, 9.17) is 13.3 Å². The SMILES string of the molecule is Cc1c(-c2ccc3occc3c2)c(C)c(-c2ccc3occc3c2)c(C)c1-c1ccc2occc2c1. The molecule has 0 spiro atoms. The topological polar surface area (TPSA) is 39.4 Å². The molecule has 0 radical (unpaired) electrons. The van der Waals surface area contributed by atoms with Crippen LogP contribution in [-0.2, 0) is 0 Å². The van der Waals surface area contributed by atoms with Crippen molar-refractivity contribution in [3.05, 3.63) is 108 Å². The van der Waals surface area contributed by atoms with Gasteiger partial charge in [0.25, 0.3) is 0 Å². The van der Waals surface area contributed by atoms with Crippen molar-refractivity contribution in [2.24, 2.45) is 0 Å². The van der Waals surface area contributed by atoms with Crippen molar-refractivity contribution in [3.8, 4) is 33.4 Å². The van der Waals surface area contributed by atoms with Gasteiger partial charge in [-0.2, -0.15) is 0 Å². The van der Waals surface area contributed by atoms with Crippen LogP contribution >= 0.6 is 0 Å². The monoisotopic (exact) mass is 468 g/mol. The fourth-order valence-electron chi connectivity index (χ4n) is 5.88. The minimum absolute atomic E-state index is 0.900. The molecule has 7 aromatic rings. The maximum absolute atomic E-state index is 5.62. The van der Waals surface area contributed by atoms with Crippen LogP contribution in [0.15, 0.2) is 105 Å². The highest BCUT2D eigenvalue weighted by Crippen LogP contribution is 2.45. The Hall–Kier alpha value is -4.50. The molecule has 0 aliphatic carbocycles. The average molecular weight is 469 g/mol. The van der Waals surface area contributed by atoms with Crippen LogP contribution in [-0.4, -0.2) is 0 Å². The van der Waals surface area contributed by atoms with E-state index in [0.717, 1.165) is 32.9 Å². The third-order valence-electron chi connectivity index (χ3n) is 7.47. The molecule has 3 heteroatoms. The van der Waals surface area contributed by atoms with Crippen molar-refractivity contribution in [1.29, 1.82) is 0 Å². The van der Waals surface area contributed by atoms with Crippen LogP contribution in [0.3, 0.4) is 0 Å². The molecule has 174 valence electrons. The minimum atomic E-state index is 0.900. The summed E-state index contributed by atoms with van der Waals surface area (Å²) in [5.74, 6) is 0. The lowest BCUT2D eigenvalue weighted by Gasteiger charge is -2.23. The second-order valence-electron chi connectivity index (χ2n) is 9.52. The van der Waals surface area contributed by atoms with Gasteiger partial charge < -0.3 is 13.3 Å². The summed E-state index contributed by atoms with van der Waals surface area (Å²) in [5, 5.41) is 3.32. The zero-order valence-corrected chi connectivity index (χ0v) is 20.4. The molecule has 0 fully saturated rings. The van der Waals surface area contributed by atoms with Gasteiger partial charge in [-0.15, -0.1) is 0 Å². The van der Waals surface area contributed by atoms with Crippen LogP contribution in [0.1, 0.15) is 16.7 Å². The molecule has 0 saturated heterocycles. The lowest BCUT2D eigenvalue weighted by Crippen LogP contribution is -2.00. The summed E-state index contributed by atoms with van der Waals surface area (Å²) in [4.78, 5) is 0. The van der Waals surface area contributed by atoms with Crippen molar-refractivity contribution < 1.29 is 13.3 Å². The molecule has 0 atom stereocenters. The first-order valence-corrected chi connectivity index (χ1v) is 12.1. The van der Waals surface area contributed by atoms with Crippen LogP contribution < -0.4 is 0 Å². The van der Waals surface area contributed by atoms with Gasteiger partial charge in [0.05, 0.1) is 18.8 Å². The lowest BCUT2D eigenvalue weighted by molar-refractivity contribution is 0.615. The maximum Gasteiger partial charge on any atom is 0.133 e. The van der Waals surface area contributed by atoms with E-state index in [1.807, 2.05) is 18.2 Å². The molecular weight excluding hydrogens is 444 g/mol. The molecule has 4 aromatic carbocycles. The number of hydrogen-bond acceptors (Lipinski definition) is 3. The number of furan rings is 3. The van der Waals surface area contributed by atoms with E-state index < -0.39 is 0 Å². The predicted molar refractivity (Wildman–Crippen MR) is 146 cm³/mol. The van der Waals surface area contributed by atoms with Gasteiger partial charge >= 0.3 is 0 Å². The van der Waals surface area contributed by atoms with Crippen LogP contribution in [0.2, 0.25) is 0 Å². The molecule has 0 N–H and O–H groups in total. The number of fused-ring (bicyclic) bond motifs is 3. The zero-order chi connectivity index (χ0) is 24.4. The summed E-state index contributed by atoms with van der Waals surface area (Å²) in [5.41, 5.74) is 13.8. The van der Waals surface area contributed by atoms with Crippen LogP contribution in [0.5, 0.6) is 0 Å². The summed E-state index contributed by atoms with van der Waals surface area (Å²) >= 11 is 0. The van der Waals surface area contributed by atoms with E-state index in [1.54, 1.807) is 18.8 Å². The highest BCUT2D eigenvalue weighted by molar-refractivity contribution is 5.96. The summed E-state index contributed by atoms with van der Waals surface area (Å²) < 4.78 is 16.9. The first-order valence-electron chi connectivity index (χ1n) is 12.1. The zero-order valence-electron chi connectivity index (χ0n) is 20.4. The number of benzene rings is 4. The average Bonchev–Trinajstić information content (AvgIpc) is 3.63. The first-order chi connectivity index (χ1) is 17.6.